The quantitative estimate of drug-likeness (QED) is 0.572. The average Bonchev–Trinajstić information content (AvgIpc) is 2.60. The number of aromatic nitrogens is 2. The van der Waals surface area contributed by atoms with Crippen molar-refractivity contribution in [3.63, 3.8) is 0 Å². The zero-order chi connectivity index (χ0) is 20.6. The Morgan fingerprint density at radius 1 is 1.18 bits per heavy atom. The lowest BCUT2D eigenvalue weighted by molar-refractivity contribution is 0.392. The van der Waals surface area contributed by atoms with Gasteiger partial charge in [0, 0.05) is 24.1 Å². The molecule has 3 aromatic rings. The molecule has 0 bridgehead atoms. The number of hydrogen-bond acceptors (Lipinski definition) is 3. The Kier molecular flexibility index (Phi) is 5.46. The van der Waals surface area contributed by atoms with Gasteiger partial charge >= 0.3 is 0 Å². The number of pyridine rings is 2. The third-order valence-electron chi connectivity index (χ3n) is 4.82. The number of allylic oxidation sites excluding steroid dienone is 1. The summed E-state index contributed by atoms with van der Waals surface area (Å²) in [5.41, 5.74) is 3.65. The zero-order valence-corrected chi connectivity index (χ0v) is 17.8. The maximum Gasteiger partial charge on any atom is 0.266 e. The van der Waals surface area contributed by atoms with Gasteiger partial charge in [0.15, 0.2) is 0 Å². The molecule has 4 nitrogen and oxygen atoms in total. The van der Waals surface area contributed by atoms with Crippen LogP contribution < -0.4 is 5.56 Å². The predicted molar refractivity (Wildman–Crippen MR) is 118 cm³/mol. The van der Waals surface area contributed by atoms with E-state index in [-0.39, 0.29) is 16.1 Å². The molecule has 2 heterocycles. The Bertz CT molecular complexity index is 1090. The number of hydrogen-bond donors (Lipinski definition) is 0. The predicted octanol–water partition coefficient (Wildman–Crippen LogP) is 5.16. The molecule has 0 aliphatic heterocycles. The van der Waals surface area contributed by atoms with Crippen LogP contribution in [0.2, 0.25) is 5.15 Å². The van der Waals surface area contributed by atoms with Crippen molar-refractivity contribution >= 4 is 27.9 Å². The molecule has 0 saturated carbocycles. The van der Waals surface area contributed by atoms with E-state index in [1.807, 2.05) is 55.4 Å². The highest BCUT2D eigenvalue weighted by molar-refractivity contribution is 6.34. The molecule has 2 aromatic heterocycles. The second-order valence-electron chi connectivity index (χ2n) is 8.36. The molecule has 0 radical (unpaired) electrons. The van der Waals surface area contributed by atoms with Gasteiger partial charge in [0.2, 0.25) is 0 Å². The number of halogens is 1. The maximum absolute atomic E-state index is 13.3. The Hall–Kier alpha value is -2.43. The van der Waals surface area contributed by atoms with Gasteiger partial charge in [-0.2, -0.15) is 0 Å². The fourth-order valence-electron chi connectivity index (χ4n) is 3.24. The lowest BCUT2D eigenvalue weighted by atomic mass is 9.83. The molecule has 3 rings (SSSR count). The van der Waals surface area contributed by atoms with E-state index in [1.165, 1.54) is 0 Å². The topological polar surface area (TPSA) is 38.1 Å². The summed E-state index contributed by atoms with van der Waals surface area (Å²) in [6.45, 7) is 11.3. The summed E-state index contributed by atoms with van der Waals surface area (Å²) in [5, 5.41) is 1.47. The van der Waals surface area contributed by atoms with E-state index >= 15 is 0 Å². The minimum absolute atomic E-state index is 0.0173. The second kappa shape index (κ2) is 7.53. The molecule has 0 unspecified atom stereocenters. The van der Waals surface area contributed by atoms with Crippen LogP contribution in [0, 0.1) is 5.41 Å². The van der Waals surface area contributed by atoms with Crippen molar-refractivity contribution in [2.24, 2.45) is 5.41 Å². The van der Waals surface area contributed by atoms with Gasteiger partial charge in [-0.25, -0.2) is 4.98 Å². The fraction of sp³-hybridized carbons (Fsp3) is 0.304. The van der Waals surface area contributed by atoms with Crippen molar-refractivity contribution in [2.75, 3.05) is 14.1 Å². The molecular weight excluding hydrogens is 370 g/mol. The van der Waals surface area contributed by atoms with E-state index in [2.05, 4.69) is 32.3 Å². The molecule has 1 aromatic carbocycles. The molecule has 0 aliphatic rings. The number of nitrogens with zero attached hydrogens (tertiary/aromatic N) is 3. The van der Waals surface area contributed by atoms with Crippen LogP contribution in [0.1, 0.15) is 32.0 Å². The highest BCUT2D eigenvalue weighted by Gasteiger charge is 2.18. The van der Waals surface area contributed by atoms with Gasteiger partial charge in [0.1, 0.15) is 5.15 Å². The number of benzene rings is 1. The van der Waals surface area contributed by atoms with E-state index < -0.39 is 0 Å². The largest absolute Gasteiger partial charge is 0.304 e. The number of rotatable bonds is 4. The van der Waals surface area contributed by atoms with Gasteiger partial charge < -0.3 is 4.90 Å². The molecule has 28 heavy (non-hydrogen) atoms. The molecule has 0 amide bonds. The molecule has 0 atom stereocenters. The van der Waals surface area contributed by atoms with E-state index in [9.17, 15) is 4.79 Å². The minimum atomic E-state index is -0.158. The van der Waals surface area contributed by atoms with Gasteiger partial charge in [-0.05, 0) is 60.3 Å². The summed E-state index contributed by atoms with van der Waals surface area (Å²) in [6.07, 6.45) is 1.63. The van der Waals surface area contributed by atoms with Gasteiger partial charge in [0.25, 0.3) is 5.56 Å². The van der Waals surface area contributed by atoms with Crippen LogP contribution in [0.3, 0.4) is 0 Å². The average molecular weight is 396 g/mol. The fourth-order valence-corrected chi connectivity index (χ4v) is 3.48. The summed E-state index contributed by atoms with van der Waals surface area (Å²) in [7, 11) is 3.96. The zero-order valence-electron chi connectivity index (χ0n) is 17.1. The van der Waals surface area contributed by atoms with Crippen LogP contribution in [0.4, 0.5) is 0 Å². The molecule has 0 spiro atoms. The van der Waals surface area contributed by atoms with E-state index in [4.69, 9.17) is 11.6 Å². The third kappa shape index (κ3) is 3.89. The van der Waals surface area contributed by atoms with Gasteiger partial charge in [-0.15, -0.1) is 0 Å². The van der Waals surface area contributed by atoms with Crippen LogP contribution >= 0.6 is 11.6 Å². The normalized spacial score (nSPS) is 12.0. The maximum atomic E-state index is 13.3. The van der Waals surface area contributed by atoms with Gasteiger partial charge in [-0.1, -0.05) is 51.1 Å². The lowest BCUT2D eigenvalue weighted by Crippen LogP contribution is -2.25. The van der Waals surface area contributed by atoms with Crippen LogP contribution in [0.15, 0.2) is 54.0 Å². The monoisotopic (exact) mass is 395 g/mol. The van der Waals surface area contributed by atoms with Crippen molar-refractivity contribution in [1.82, 2.24) is 14.5 Å². The van der Waals surface area contributed by atoms with E-state index in [0.717, 1.165) is 27.9 Å². The summed E-state index contributed by atoms with van der Waals surface area (Å²) >= 11 is 6.25. The van der Waals surface area contributed by atoms with Crippen LogP contribution in [0.25, 0.3) is 22.0 Å². The van der Waals surface area contributed by atoms with Crippen molar-refractivity contribution in [2.45, 2.75) is 27.3 Å². The summed E-state index contributed by atoms with van der Waals surface area (Å²) in [6, 6.07) is 11.8. The Morgan fingerprint density at radius 2 is 1.82 bits per heavy atom. The molecular formula is C23H26ClN3O. The third-order valence-corrected chi connectivity index (χ3v) is 5.11. The Labute approximate surface area is 171 Å². The van der Waals surface area contributed by atoms with Gasteiger partial charge in [-0.3, -0.25) is 9.36 Å². The molecule has 0 fully saturated rings. The first-order valence-corrected chi connectivity index (χ1v) is 9.61. The molecule has 0 saturated heterocycles. The Balaban J connectivity index is 2.21. The summed E-state index contributed by atoms with van der Waals surface area (Å²) in [4.78, 5) is 19.5. The van der Waals surface area contributed by atoms with Crippen LogP contribution in [-0.2, 0) is 6.54 Å². The van der Waals surface area contributed by atoms with E-state index in [0.29, 0.717) is 11.9 Å². The van der Waals surface area contributed by atoms with Crippen molar-refractivity contribution in [3.8, 4) is 5.69 Å². The molecule has 0 aliphatic carbocycles. The smallest absolute Gasteiger partial charge is 0.266 e. The first kappa shape index (κ1) is 20.3. The summed E-state index contributed by atoms with van der Waals surface area (Å²) in [5.74, 6) is 0. The van der Waals surface area contributed by atoms with Crippen molar-refractivity contribution in [3.05, 3.63) is 75.9 Å². The summed E-state index contributed by atoms with van der Waals surface area (Å²) < 4.78 is 1.72. The standard InChI is InChI=1S/C23H26ClN3O/c1-15(23(2,3)4)16-7-9-18(10-8-16)27-19(14-26(5)6)13-17-11-12-25-21(24)20(17)22(27)28/h7-13H,1,14H2,2-6H3. The SMILES string of the molecule is C=C(c1ccc(-n2c(CN(C)C)cc3ccnc(Cl)c3c2=O)cc1)C(C)(C)C. The highest BCUT2D eigenvalue weighted by atomic mass is 35.5. The minimum Gasteiger partial charge on any atom is -0.304 e. The molecule has 0 N–H and O–H groups in total. The molecule has 146 valence electrons. The second-order valence-corrected chi connectivity index (χ2v) is 8.71. The van der Waals surface area contributed by atoms with Crippen LogP contribution in [-0.4, -0.2) is 28.5 Å². The molecule has 5 heteroatoms. The lowest BCUT2D eigenvalue weighted by Gasteiger charge is -2.23. The first-order valence-electron chi connectivity index (χ1n) is 9.23. The Morgan fingerprint density at radius 3 is 2.39 bits per heavy atom. The van der Waals surface area contributed by atoms with E-state index in [1.54, 1.807) is 10.8 Å². The van der Waals surface area contributed by atoms with Crippen molar-refractivity contribution in [1.29, 1.82) is 0 Å². The first-order chi connectivity index (χ1) is 13.1. The van der Waals surface area contributed by atoms with Crippen molar-refractivity contribution < 1.29 is 0 Å². The highest BCUT2D eigenvalue weighted by Crippen LogP contribution is 2.32. The number of fused-ring (bicyclic) bond motifs is 1. The van der Waals surface area contributed by atoms with Gasteiger partial charge in [0.05, 0.1) is 5.39 Å². The van der Waals surface area contributed by atoms with Crippen LogP contribution in [0.5, 0.6) is 0 Å².